The van der Waals surface area contributed by atoms with Gasteiger partial charge in [-0.05, 0) is 12.0 Å². The first-order chi connectivity index (χ1) is 8.17. The van der Waals surface area contributed by atoms with Gasteiger partial charge in [-0.15, -0.1) is 0 Å². The second kappa shape index (κ2) is 6.90. The van der Waals surface area contributed by atoms with E-state index in [0.29, 0.717) is 10.7 Å². The Balaban J connectivity index is 3.03. The standard InChI is InChI=1S/C14H21BrO2/c1-5-10(6-2)14(15)12-8-7-11(16-3)9-13(12)17-4/h7-10,14H,5-6H2,1-4H3. The summed E-state index contributed by atoms with van der Waals surface area (Å²) in [7, 11) is 3.37. The van der Waals surface area contributed by atoms with Gasteiger partial charge in [-0.3, -0.25) is 0 Å². The minimum absolute atomic E-state index is 0.332. The van der Waals surface area contributed by atoms with Gasteiger partial charge in [0.05, 0.1) is 14.2 Å². The highest BCUT2D eigenvalue weighted by Gasteiger charge is 2.21. The number of alkyl halides is 1. The van der Waals surface area contributed by atoms with Crippen LogP contribution in [0.25, 0.3) is 0 Å². The van der Waals surface area contributed by atoms with Crippen molar-refractivity contribution in [1.82, 2.24) is 0 Å². The van der Waals surface area contributed by atoms with Crippen molar-refractivity contribution in [1.29, 1.82) is 0 Å². The molecular weight excluding hydrogens is 280 g/mol. The van der Waals surface area contributed by atoms with Crippen LogP contribution in [-0.4, -0.2) is 14.2 Å². The van der Waals surface area contributed by atoms with Crippen molar-refractivity contribution in [3.63, 3.8) is 0 Å². The maximum atomic E-state index is 5.44. The van der Waals surface area contributed by atoms with Gasteiger partial charge in [0.15, 0.2) is 0 Å². The number of halogens is 1. The summed E-state index contributed by atoms with van der Waals surface area (Å²) in [6.45, 7) is 4.44. The Hall–Kier alpha value is -0.700. The first-order valence-electron chi connectivity index (χ1n) is 6.03. The second-order valence-electron chi connectivity index (χ2n) is 4.09. The van der Waals surface area contributed by atoms with Crippen LogP contribution >= 0.6 is 15.9 Å². The van der Waals surface area contributed by atoms with Crippen LogP contribution in [0.2, 0.25) is 0 Å². The molecule has 0 radical (unpaired) electrons. The highest BCUT2D eigenvalue weighted by molar-refractivity contribution is 9.09. The topological polar surface area (TPSA) is 18.5 Å². The van der Waals surface area contributed by atoms with Crippen molar-refractivity contribution in [2.24, 2.45) is 5.92 Å². The van der Waals surface area contributed by atoms with Crippen molar-refractivity contribution in [3.05, 3.63) is 23.8 Å². The van der Waals surface area contributed by atoms with Crippen molar-refractivity contribution in [2.45, 2.75) is 31.5 Å². The molecule has 0 bridgehead atoms. The lowest BCUT2D eigenvalue weighted by molar-refractivity contribution is 0.385. The van der Waals surface area contributed by atoms with E-state index in [1.165, 1.54) is 5.56 Å². The molecule has 1 aromatic rings. The molecule has 0 saturated heterocycles. The summed E-state index contributed by atoms with van der Waals surface area (Å²) in [5.41, 5.74) is 1.20. The summed E-state index contributed by atoms with van der Waals surface area (Å²) in [6, 6.07) is 6.00. The van der Waals surface area contributed by atoms with Crippen molar-refractivity contribution >= 4 is 15.9 Å². The van der Waals surface area contributed by atoms with E-state index in [4.69, 9.17) is 9.47 Å². The zero-order valence-electron chi connectivity index (χ0n) is 11.0. The number of rotatable bonds is 6. The molecule has 0 saturated carbocycles. The Morgan fingerprint density at radius 1 is 1.12 bits per heavy atom. The van der Waals surface area contributed by atoms with Crippen molar-refractivity contribution in [2.75, 3.05) is 14.2 Å². The van der Waals surface area contributed by atoms with E-state index in [1.54, 1.807) is 14.2 Å². The Kier molecular flexibility index (Phi) is 5.83. The minimum atomic E-state index is 0.332. The van der Waals surface area contributed by atoms with E-state index in [9.17, 15) is 0 Å². The van der Waals surface area contributed by atoms with Gasteiger partial charge in [-0.25, -0.2) is 0 Å². The molecule has 17 heavy (non-hydrogen) atoms. The third-order valence-electron chi connectivity index (χ3n) is 3.20. The Morgan fingerprint density at radius 3 is 2.24 bits per heavy atom. The zero-order valence-corrected chi connectivity index (χ0v) is 12.6. The van der Waals surface area contributed by atoms with E-state index < -0.39 is 0 Å². The molecule has 0 aromatic heterocycles. The largest absolute Gasteiger partial charge is 0.497 e. The molecule has 3 heteroatoms. The molecule has 0 aliphatic carbocycles. The average molecular weight is 301 g/mol. The van der Waals surface area contributed by atoms with Gasteiger partial charge in [0.2, 0.25) is 0 Å². The van der Waals surface area contributed by atoms with Crippen LogP contribution in [0, 0.1) is 5.92 Å². The predicted molar refractivity (Wildman–Crippen MR) is 75.3 cm³/mol. The third kappa shape index (κ3) is 3.38. The number of methoxy groups -OCH3 is 2. The average Bonchev–Trinajstić information content (AvgIpc) is 2.39. The highest BCUT2D eigenvalue weighted by Crippen LogP contribution is 2.40. The fourth-order valence-corrected chi connectivity index (χ4v) is 3.13. The van der Waals surface area contributed by atoms with Gasteiger partial charge in [0.25, 0.3) is 0 Å². The van der Waals surface area contributed by atoms with E-state index in [0.717, 1.165) is 24.3 Å². The van der Waals surface area contributed by atoms with Gasteiger partial charge >= 0.3 is 0 Å². The first-order valence-corrected chi connectivity index (χ1v) is 6.95. The molecule has 0 aliphatic heterocycles. The van der Waals surface area contributed by atoms with Gasteiger partial charge in [0.1, 0.15) is 11.5 Å². The lowest BCUT2D eigenvalue weighted by Gasteiger charge is -2.22. The Morgan fingerprint density at radius 2 is 1.76 bits per heavy atom. The van der Waals surface area contributed by atoms with Gasteiger partial charge < -0.3 is 9.47 Å². The molecule has 0 amide bonds. The van der Waals surface area contributed by atoms with Crippen LogP contribution < -0.4 is 9.47 Å². The lowest BCUT2D eigenvalue weighted by atomic mass is 9.94. The van der Waals surface area contributed by atoms with E-state index in [1.807, 2.05) is 12.1 Å². The Labute approximate surface area is 112 Å². The number of hydrogen-bond acceptors (Lipinski definition) is 2. The third-order valence-corrected chi connectivity index (χ3v) is 4.44. The van der Waals surface area contributed by atoms with E-state index in [2.05, 4.69) is 35.8 Å². The molecule has 0 fully saturated rings. The molecule has 1 unspecified atom stereocenters. The lowest BCUT2D eigenvalue weighted by Crippen LogP contribution is -2.07. The van der Waals surface area contributed by atoms with E-state index in [-0.39, 0.29) is 0 Å². The van der Waals surface area contributed by atoms with Crippen LogP contribution in [-0.2, 0) is 0 Å². The first kappa shape index (κ1) is 14.4. The predicted octanol–water partition coefficient (Wildman–Crippen LogP) is 4.58. The summed E-state index contributed by atoms with van der Waals surface area (Å²) in [5, 5.41) is 0. The fourth-order valence-electron chi connectivity index (χ4n) is 2.00. The molecule has 1 rings (SSSR count). The molecule has 0 heterocycles. The maximum Gasteiger partial charge on any atom is 0.126 e. The van der Waals surface area contributed by atoms with Crippen LogP contribution in [0.4, 0.5) is 0 Å². The molecule has 1 aromatic carbocycles. The molecular formula is C14H21BrO2. The summed E-state index contributed by atoms with van der Waals surface area (Å²) in [4.78, 5) is 0.332. The zero-order chi connectivity index (χ0) is 12.8. The molecule has 96 valence electrons. The maximum absolute atomic E-state index is 5.44. The molecule has 0 N–H and O–H groups in total. The minimum Gasteiger partial charge on any atom is -0.497 e. The molecule has 1 atom stereocenters. The highest BCUT2D eigenvalue weighted by atomic mass is 79.9. The van der Waals surface area contributed by atoms with Crippen LogP contribution in [0.1, 0.15) is 37.1 Å². The van der Waals surface area contributed by atoms with Gasteiger partial charge in [-0.2, -0.15) is 0 Å². The normalized spacial score (nSPS) is 12.6. The number of benzene rings is 1. The summed E-state index contributed by atoms with van der Waals surface area (Å²) in [5.74, 6) is 2.34. The van der Waals surface area contributed by atoms with Crippen molar-refractivity contribution < 1.29 is 9.47 Å². The van der Waals surface area contributed by atoms with Crippen molar-refractivity contribution in [3.8, 4) is 11.5 Å². The number of hydrogen-bond donors (Lipinski definition) is 0. The monoisotopic (exact) mass is 300 g/mol. The summed E-state index contributed by atoms with van der Waals surface area (Å²) < 4.78 is 10.6. The SMILES string of the molecule is CCC(CC)C(Br)c1ccc(OC)cc1OC. The number of ether oxygens (including phenoxy) is 2. The summed E-state index contributed by atoms with van der Waals surface area (Å²) >= 11 is 3.79. The molecule has 0 aliphatic rings. The van der Waals surface area contributed by atoms with Crippen LogP contribution in [0.15, 0.2) is 18.2 Å². The smallest absolute Gasteiger partial charge is 0.126 e. The van der Waals surface area contributed by atoms with Crippen LogP contribution in [0.3, 0.4) is 0 Å². The molecule has 2 nitrogen and oxygen atoms in total. The van der Waals surface area contributed by atoms with Gasteiger partial charge in [-0.1, -0.05) is 48.7 Å². The quantitative estimate of drug-likeness (QED) is 0.716. The van der Waals surface area contributed by atoms with E-state index >= 15 is 0 Å². The van der Waals surface area contributed by atoms with Gasteiger partial charge in [0, 0.05) is 16.5 Å². The molecule has 0 spiro atoms. The second-order valence-corrected chi connectivity index (χ2v) is 5.07. The fraction of sp³-hybridized carbons (Fsp3) is 0.571. The van der Waals surface area contributed by atoms with Crippen LogP contribution in [0.5, 0.6) is 11.5 Å². The Bertz CT molecular complexity index is 348. The summed E-state index contributed by atoms with van der Waals surface area (Å²) in [6.07, 6.45) is 2.31.